The lowest BCUT2D eigenvalue weighted by atomic mass is 10.1. The van der Waals surface area contributed by atoms with E-state index in [1.54, 1.807) is 18.3 Å². The number of hydrogen-bond donors (Lipinski definition) is 0. The third-order valence-electron chi connectivity index (χ3n) is 4.53. The van der Waals surface area contributed by atoms with Crippen LogP contribution in [0.5, 0.6) is 0 Å². The van der Waals surface area contributed by atoms with Crippen LogP contribution in [0.25, 0.3) is 22.3 Å². The van der Waals surface area contributed by atoms with Crippen molar-refractivity contribution >= 4 is 11.2 Å². The van der Waals surface area contributed by atoms with Crippen molar-refractivity contribution in [3.63, 3.8) is 0 Å². The fraction of sp³-hybridized carbons (Fsp3) is 0.333. The van der Waals surface area contributed by atoms with Crippen LogP contribution in [0.2, 0.25) is 0 Å². The highest BCUT2D eigenvalue weighted by Crippen LogP contribution is 2.26. The van der Waals surface area contributed by atoms with Gasteiger partial charge in [-0.25, -0.2) is 14.4 Å². The molecule has 0 unspecified atom stereocenters. The number of pyridine rings is 1. The molecule has 1 aliphatic heterocycles. The Labute approximate surface area is 134 Å². The first-order valence-electron chi connectivity index (χ1n) is 7.97. The molecule has 0 aliphatic carbocycles. The van der Waals surface area contributed by atoms with Crippen LogP contribution < -0.4 is 0 Å². The van der Waals surface area contributed by atoms with E-state index in [1.165, 1.54) is 6.07 Å². The Balaban J connectivity index is 1.78. The molecule has 0 radical (unpaired) electrons. The van der Waals surface area contributed by atoms with Gasteiger partial charge in [-0.15, -0.1) is 0 Å². The smallest absolute Gasteiger partial charge is 0.160 e. The van der Waals surface area contributed by atoms with E-state index in [9.17, 15) is 4.39 Å². The van der Waals surface area contributed by atoms with Gasteiger partial charge in [-0.2, -0.15) is 0 Å². The summed E-state index contributed by atoms with van der Waals surface area (Å²) in [6.07, 6.45) is 1.74. The monoisotopic (exact) mass is 310 g/mol. The average molecular weight is 310 g/mol. The minimum Gasteiger partial charge on any atom is -0.310 e. The minimum atomic E-state index is -0.233. The summed E-state index contributed by atoms with van der Waals surface area (Å²) in [5.74, 6) is 0.807. The molecule has 118 valence electrons. The molecule has 5 heteroatoms. The molecule has 0 amide bonds. The summed E-state index contributed by atoms with van der Waals surface area (Å²) in [6.45, 7) is 7.14. The first-order valence-corrected chi connectivity index (χ1v) is 7.97. The molecular formula is C18H19FN4. The molecule has 0 fully saturated rings. The van der Waals surface area contributed by atoms with Gasteiger partial charge in [0, 0.05) is 36.5 Å². The lowest BCUT2D eigenvalue weighted by molar-refractivity contribution is 0.175. The second-order valence-electron chi connectivity index (χ2n) is 6.29. The van der Waals surface area contributed by atoms with Gasteiger partial charge in [0.25, 0.3) is 0 Å². The highest BCUT2D eigenvalue weighted by Gasteiger charge is 2.22. The Morgan fingerprint density at radius 2 is 2.00 bits per heavy atom. The van der Waals surface area contributed by atoms with Gasteiger partial charge in [0.15, 0.2) is 5.65 Å². The average Bonchev–Trinajstić information content (AvgIpc) is 2.91. The van der Waals surface area contributed by atoms with Gasteiger partial charge in [-0.1, -0.05) is 18.2 Å². The molecule has 0 spiro atoms. The standard InChI is InChI=1S/C18H19FN4/c1-12(2)22-7-8-23-17(11-22)21-16-9-13(10-20-18(16)23)14-5-3-4-6-15(14)19/h3-6,9-10,12H,7-8,11H2,1-2H3. The maximum atomic E-state index is 14.0. The molecule has 0 atom stereocenters. The summed E-state index contributed by atoms with van der Waals surface area (Å²) in [6, 6.07) is 9.21. The minimum absolute atomic E-state index is 0.233. The van der Waals surface area contributed by atoms with Crippen molar-refractivity contribution in [2.45, 2.75) is 33.0 Å². The molecule has 0 bridgehead atoms. The van der Waals surface area contributed by atoms with Crippen molar-refractivity contribution in [3.8, 4) is 11.1 Å². The number of aromatic nitrogens is 3. The fourth-order valence-electron chi connectivity index (χ4n) is 3.19. The van der Waals surface area contributed by atoms with Gasteiger partial charge >= 0.3 is 0 Å². The van der Waals surface area contributed by atoms with Gasteiger partial charge in [0.05, 0.1) is 6.54 Å². The maximum Gasteiger partial charge on any atom is 0.160 e. The van der Waals surface area contributed by atoms with Crippen LogP contribution in [0.4, 0.5) is 4.39 Å². The summed E-state index contributed by atoms with van der Waals surface area (Å²) in [5, 5.41) is 0. The molecule has 2 aromatic heterocycles. The van der Waals surface area contributed by atoms with Crippen molar-refractivity contribution in [2.24, 2.45) is 0 Å². The molecule has 23 heavy (non-hydrogen) atoms. The van der Waals surface area contributed by atoms with E-state index >= 15 is 0 Å². The molecule has 1 aliphatic rings. The Morgan fingerprint density at radius 1 is 1.17 bits per heavy atom. The van der Waals surface area contributed by atoms with Crippen molar-refractivity contribution in [1.29, 1.82) is 0 Å². The summed E-state index contributed by atoms with van der Waals surface area (Å²) < 4.78 is 16.2. The van der Waals surface area contributed by atoms with Crippen LogP contribution in [0, 0.1) is 5.82 Å². The van der Waals surface area contributed by atoms with Crippen LogP contribution in [0.15, 0.2) is 36.5 Å². The summed E-state index contributed by atoms with van der Waals surface area (Å²) in [4.78, 5) is 11.7. The number of fused-ring (bicyclic) bond motifs is 3. The van der Waals surface area contributed by atoms with E-state index in [0.717, 1.165) is 42.2 Å². The number of halogens is 1. The highest BCUT2D eigenvalue weighted by molar-refractivity contribution is 5.79. The second kappa shape index (κ2) is 5.42. The molecule has 0 N–H and O–H groups in total. The summed E-state index contributed by atoms with van der Waals surface area (Å²) >= 11 is 0. The molecule has 4 nitrogen and oxygen atoms in total. The zero-order valence-corrected chi connectivity index (χ0v) is 13.3. The topological polar surface area (TPSA) is 34.0 Å². The third kappa shape index (κ3) is 2.41. The third-order valence-corrected chi connectivity index (χ3v) is 4.53. The molecule has 3 aromatic rings. The normalized spacial score (nSPS) is 15.3. The SMILES string of the molecule is CC(C)N1CCn2c(nc3cc(-c4ccccc4F)cnc32)C1. The number of imidazole rings is 1. The predicted molar refractivity (Wildman–Crippen MR) is 88.5 cm³/mol. The van der Waals surface area contributed by atoms with E-state index in [0.29, 0.717) is 11.6 Å². The van der Waals surface area contributed by atoms with Crippen molar-refractivity contribution in [1.82, 2.24) is 19.4 Å². The molecule has 0 saturated carbocycles. The number of hydrogen-bond acceptors (Lipinski definition) is 3. The zero-order valence-electron chi connectivity index (χ0n) is 13.3. The number of nitrogens with zero attached hydrogens (tertiary/aromatic N) is 4. The largest absolute Gasteiger partial charge is 0.310 e. The van der Waals surface area contributed by atoms with Gasteiger partial charge < -0.3 is 4.57 Å². The Morgan fingerprint density at radius 3 is 2.78 bits per heavy atom. The van der Waals surface area contributed by atoms with Crippen LogP contribution >= 0.6 is 0 Å². The second-order valence-corrected chi connectivity index (χ2v) is 6.29. The predicted octanol–water partition coefficient (Wildman–Crippen LogP) is 3.46. The van der Waals surface area contributed by atoms with E-state index in [-0.39, 0.29) is 5.82 Å². The summed E-state index contributed by atoms with van der Waals surface area (Å²) in [5.41, 5.74) is 3.07. The van der Waals surface area contributed by atoms with E-state index in [4.69, 9.17) is 4.98 Å². The summed E-state index contributed by atoms with van der Waals surface area (Å²) in [7, 11) is 0. The van der Waals surface area contributed by atoms with Crippen LogP contribution in [0.3, 0.4) is 0 Å². The van der Waals surface area contributed by atoms with Crippen molar-refractivity contribution in [3.05, 3.63) is 48.2 Å². The first kappa shape index (κ1) is 14.3. The van der Waals surface area contributed by atoms with Gasteiger partial charge in [-0.05, 0) is 26.0 Å². The lowest BCUT2D eigenvalue weighted by Crippen LogP contribution is -2.38. The Kier molecular flexibility index (Phi) is 3.38. The van der Waals surface area contributed by atoms with E-state index in [1.807, 2.05) is 12.1 Å². The van der Waals surface area contributed by atoms with Gasteiger partial charge in [0.2, 0.25) is 0 Å². The van der Waals surface area contributed by atoms with Crippen LogP contribution in [-0.4, -0.2) is 32.0 Å². The van der Waals surface area contributed by atoms with Crippen LogP contribution in [-0.2, 0) is 13.1 Å². The Hall–Kier alpha value is -2.27. The van der Waals surface area contributed by atoms with E-state index in [2.05, 4.69) is 28.3 Å². The molecule has 4 rings (SSSR count). The molecule has 1 aromatic carbocycles. The quantitative estimate of drug-likeness (QED) is 0.727. The first-order chi connectivity index (χ1) is 11.1. The van der Waals surface area contributed by atoms with Crippen LogP contribution in [0.1, 0.15) is 19.7 Å². The fourth-order valence-corrected chi connectivity index (χ4v) is 3.19. The Bertz CT molecular complexity index is 869. The van der Waals surface area contributed by atoms with Gasteiger partial charge in [-0.3, -0.25) is 4.90 Å². The van der Waals surface area contributed by atoms with E-state index < -0.39 is 0 Å². The number of rotatable bonds is 2. The molecule has 3 heterocycles. The molecule has 0 saturated heterocycles. The zero-order chi connectivity index (χ0) is 16.0. The lowest BCUT2D eigenvalue weighted by Gasteiger charge is -2.30. The molecular weight excluding hydrogens is 291 g/mol. The maximum absolute atomic E-state index is 14.0. The van der Waals surface area contributed by atoms with Crippen molar-refractivity contribution < 1.29 is 4.39 Å². The highest BCUT2D eigenvalue weighted by atomic mass is 19.1. The van der Waals surface area contributed by atoms with Crippen molar-refractivity contribution in [2.75, 3.05) is 6.54 Å². The number of benzene rings is 1. The van der Waals surface area contributed by atoms with Gasteiger partial charge in [0.1, 0.15) is 17.2 Å².